The van der Waals surface area contributed by atoms with E-state index in [2.05, 4.69) is 4.98 Å². The van der Waals surface area contributed by atoms with E-state index in [1.54, 1.807) is 18.7 Å². The van der Waals surface area contributed by atoms with E-state index in [-0.39, 0.29) is 0 Å². The normalized spacial score (nSPS) is 12.6. The van der Waals surface area contributed by atoms with Gasteiger partial charge in [-0.3, -0.25) is 0 Å². The maximum atomic E-state index is 9.41. The third kappa shape index (κ3) is 3.11. The van der Waals surface area contributed by atoms with Gasteiger partial charge in [0.25, 0.3) is 0 Å². The molecule has 0 bridgehead atoms. The number of aliphatic hydroxyl groups excluding tert-OH is 1. The van der Waals surface area contributed by atoms with Gasteiger partial charge in [-0.05, 0) is 24.6 Å². The van der Waals surface area contributed by atoms with Gasteiger partial charge in [-0.25, -0.2) is 4.98 Å². The lowest BCUT2D eigenvalue weighted by Gasteiger charge is -2.06. The number of aliphatic hydroxyl groups is 1. The van der Waals surface area contributed by atoms with Gasteiger partial charge in [0.05, 0.1) is 11.9 Å². The van der Waals surface area contributed by atoms with E-state index in [0.29, 0.717) is 0 Å². The molecule has 90 valence electrons. The average molecular weight is 248 g/mol. The fourth-order valence-corrected chi connectivity index (χ4v) is 2.43. The van der Waals surface area contributed by atoms with Gasteiger partial charge in [0.1, 0.15) is 5.82 Å². The lowest BCUT2D eigenvalue weighted by molar-refractivity contribution is 0.199. The maximum absolute atomic E-state index is 9.41. The number of benzene rings is 1. The lowest BCUT2D eigenvalue weighted by atomic mass is 10.1. The molecule has 0 aliphatic carbocycles. The number of nitrogens with zero attached hydrogens (tertiary/aromatic N) is 2. The van der Waals surface area contributed by atoms with Gasteiger partial charge in [0.15, 0.2) is 0 Å². The van der Waals surface area contributed by atoms with Crippen LogP contribution in [0.15, 0.2) is 41.6 Å². The smallest absolute Gasteiger partial charge is 0.118 e. The van der Waals surface area contributed by atoms with Crippen molar-refractivity contribution in [3.05, 3.63) is 48.0 Å². The van der Waals surface area contributed by atoms with Gasteiger partial charge in [-0.15, -0.1) is 11.8 Å². The summed E-state index contributed by atoms with van der Waals surface area (Å²) in [7, 11) is 2.00. The molecule has 1 N–H and O–H groups in total. The number of thioether (sulfide) groups is 1. The molecule has 0 radical (unpaired) electrons. The second-order valence-electron chi connectivity index (χ2n) is 3.99. The van der Waals surface area contributed by atoms with Crippen LogP contribution in [0.25, 0.3) is 0 Å². The van der Waals surface area contributed by atoms with Crippen molar-refractivity contribution in [3.8, 4) is 0 Å². The Kier molecular flexibility index (Phi) is 3.86. The van der Waals surface area contributed by atoms with E-state index in [0.717, 1.165) is 17.1 Å². The lowest BCUT2D eigenvalue weighted by Crippen LogP contribution is -1.94. The van der Waals surface area contributed by atoms with Crippen molar-refractivity contribution in [2.24, 2.45) is 7.05 Å². The Balaban J connectivity index is 1.98. The molecule has 0 aliphatic heterocycles. The molecule has 2 aromatic rings. The summed E-state index contributed by atoms with van der Waals surface area (Å²) in [5, 5.41) is 9.41. The minimum atomic E-state index is -0.399. The summed E-state index contributed by atoms with van der Waals surface area (Å²) in [6, 6.07) is 8.00. The number of hydrogen-bond acceptors (Lipinski definition) is 3. The zero-order chi connectivity index (χ0) is 12.3. The van der Waals surface area contributed by atoms with E-state index in [4.69, 9.17) is 0 Å². The third-order valence-corrected chi connectivity index (χ3v) is 3.66. The first-order chi connectivity index (χ1) is 8.16. The third-order valence-electron chi connectivity index (χ3n) is 2.65. The number of rotatable bonds is 4. The van der Waals surface area contributed by atoms with E-state index < -0.39 is 6.10 Å². The van der Waals surface area contributed by atoms with Crippen molar-refractivity contribution in [1.29, 1.82) is 0 Å². The summed E-state index contributed by atoms with van der Waals surface area (Å²) in [4.78, 5) is 5.47. The van der Waals surface area contributed by atoms with Crippen molar-refractivity contribution < 1.29 is 5.11 Å². The zero-order valence-corrected chi connectivity index (χ0v) is 10.8. The molecule has 1 aromatic carbocycles. The molecule has 0 spiro atoms. The molecule has 0 aliphatic rings. The molecule has 3 nitrogen and oxygen atoms in total. The van der Waals surface area contributed by atoms with Crippen LogP contribution in [0, 0.1) is 0 Å². The molecule has 1 unspecified atom stereocenters. The van der Waals surface area contributed by atoms with Gasteiger partial charge >= 0.3 is 0 Å². The largest absolute Gasteiger partial charge is 0.389 e. The van der Waals surface area contributed by atoms with Crippen LogP contribution >= 0.6 is 11.8 Å². The molecule has 2 rings (SSSR count). The minimum Gasteiger partial charge on any atom is -0.389 e. The zero-order valence-electron chi connectivity index (χ0n) is 10.00. The SMILES string of the molecule is CC(O)c1ccc(SCc2nccn2C)cc1. The Labute approximate surface area is 106 Å². The van der Waals surface area contributed by atoms with E-state index in [9.17, 15) is 5.11 Å². The highest BCUT2D eigenvalue weighted by molar-refractivity contribution is 7.98. The predicted octanol–water partition coefficient (Wildman–Crippen LogP) is 2.77. The van der Waals surface area contributed by atoms with Crippen molar-refractivity contribution in [1.82, 2.24) is 9.55 Å². The highest BCUT2D eigenvalue weighted by atomic mass is 32.2. The second-order valence-corrected chi connectivity index (χ2v) is 5.04. The molecule has 0 saturated carbocycles. The van der Waals surface area contributed by atoms with Crippen LogP contribution in [0.4, 0.5) is 0 Å². The summed E-state index contributed by atoms with van der Waals surface area (Å²) in [6.45, 7) is 1.77. The molecule has 0 saturated heterocycles. The Bertz CT molecular complexity index is 476. The second kappa shape index (κ2) is 5.38. The van der Waals surface area contributed by atoms with Gasteiger partial charge < -0.3 is 9.67 Å². The summed E-state index contributed by atoms with van der Waals surface area (Å²) in [5.74, 6) is 1.92. The van der Waals surface area contributed by atoms with Gasteiger partial charge in [-0.2, -0.15) is 0 Å². The summed E-state index contributed by atoms with van der Waals surface area (Å²) < 4.78 is 2.02. The Morgan fingerprint density at radius 1 is 1.35 bits per heavy atom. The van der Waals surface area contributed by atoms with Crippen LogP contribution in [0.1, 0.15) is 24.4 Å². The predicted molar refractivity (Wildman–Crippen MR) is 69.8 cm³/mol. The van der Waals surface area contributed by atoms with Crippen LogP contribution in [-0.4, -0.2) is 14.7 Å². The van der Waals surface area contributed by atoms with Gasteiger partial charge in [0, 0.05) is 24.3 Å². The van der Waals surface area contributed by atoms with Crippen molar-refractivity contribution in [3.63, 3.8) is 0 Å². The van der Waals surface area contributed by atoms with Crippen molar-refractivity contribution in [2.45, 2.75) is 23.7 Å². The maximum Gasteiger partial charge on any atom is 0.118 e. The van der Waals surface area contributed by atoms with Crippen LogP contribution in [0.2, 0.25) is 0 Å². The number of aryl methyl sites for hydroxylation is 1. The molecule has 4 heteroatoms. The van der Waals surface area contributed by atoms with Crippen molar-refractivity contribution in [2.75, 3.05) is 0 Å². The first kappa shape index (κ1) is 12.2. The monoisotopic (exact) mass is 248 g/mol. The summed E-state index contributed by atoms with van der Waals surface area (Å²) >= 11 is 1.75. The molecule has 1 heterocycles. The summed E-state index contributed by atoms with van der Waals surface area (Å²) in [6.07, 6.45) is 3.36. The van der Waals surface area contributed by atoms with E-state index in [1.165, 1.54) is 4.90 Å². The first-order valence-corrected chi connectivity index (χ1v) is 6.52. The highest BCUT2D eigenvalue weighted by Gasteiger charge is 2.03. The molecular weight excluding hydrogens is 232 g/mol. The fraction of sp³-hybridized carbons (Fsp3) is 0.308. The van der Waals surface area contributed by atoms with Crippen LogP contribution in [-0.2, 0) is 12.8 Å². The van der Waals surface area contributed by atoms with Crippen molar-refractivity contribution >= 4 is 11.8 Å². The minimum absolute atomic E-state index is 0.399. The first-order valence-electron chi connectivity index (χ1n) is 5.54. The van der Waals surface area contributed by atoms with E-state index >= 15 is 0 Å². The quantitative estimate of drug-likeness (QED) is 0.845. The Hall–Kier alpha value is -1.26. The molecule has 0 fully saturated rings. The standard InChI is InChI=1S/C13H16N2OS/c1-10(16)11-3-5-12(6-4-11)17-9-13-14-7-8-15(13)2/h3-8,10,16H,9H2,1-2H3. The number of hydrogen-bond donors (Lipinski definition) is 1. The Morgan fingerprint density at radius 3 is 2.59 bits per heavy atom. The Morgan fingerprint density at radius 2 is 2.06 bits per heavy atom. The fourth-order valence-electron chi connectivity index (χ4n) is 1.53. The molecule has 1 aromatic heterocycles. The number of aromatic nitrogens is 2. The molecule has 1 atom stereocenters. The van der Waals surface area contributed by atoms with Crippen LogP contribution in [0.5, 0.6) is 0 Å². The van der Waals surface area contributed by atoms with Gasteiger partial charge in [-0.1, -0.05) is 12.1 Å². The van der Waals surface area contributed by atoms with Gasteiger partial charge in [0.2, 0.25) is 0 Å². The average Bonchev–Trinajstić information content (AvgIpc) is 2.73. The van der Waals surface area contributed by atoms with E-state index in [1.807, 2.05) is 48.3 Å². The molecule has 0 amide bonds. The number of imidazole rings is 1. The molecule has 17 heavy (non-hydrogen) atoms. The van der Waals surface area contributed by atoms with Crippen LogP contribution in [0.3, 0.4) is 0 Å². The summed E-state index contributed by atoms with van der Waals surface area (Å²) in [5.41, 5.74) is 0.950. The highest BCUT2D eigenvalue weighted by Crippen LogP contribution is 2.23. The topological polar surface area (TPSA) is 38.1 Å². The van der Waals surface area contributed by atoms with Crippen LogP contribution < -0.4 is 0 Å². The molecular formula is C13H16N2OS.